The van der Waals surface area contributed by atoms with E-state index in [-0.39, 0.29) is 6.42 Å². The lowest BCUT2D eigenvalue weighted by molar-refractivity contribution is -0.143. The summed E-state index contributed by atoms with van der Waals surface area (Å²) in [6.45, 7) is 0. The van der Waals surface area contributed by atoms with E-state index in [1.807, 2.05) is 0 Å². The number of hydrogen-bond donors (Lipinski definition) is 1. The zero-order valence-corrected chi connectivity index (χ0v) is 11.4. The quantitative estimate of drug-likeness (QED) is 0.866. The van der Waals surface area contributed by atoms with Gasteiger partial charge in [-0.3, -0.25) is 0 Å². The van der Waals surface area contributed by atoms with Crippen LogP contribution in [0.2, 0.25) is 0 Å². The third kappa shape index (κ3) is 4.97. The highest BCUT2D eigenvalue weighted by atomic mass is 19.4. The Morgan fingerprint density at radius 2 is 1.71 bits per heavy atom. The molecule has 0 aliphatic carbocycles. The van der Waals surface area contributed by atoms with Crippen LogP contribution >= 0.6 is 0 Å². The van der Waals surface area contributed by atoms with Crippen LogP contribution in [-0.4, -0.2) is 32.3 Å². The molecule has 5 nitrogen and oxygen atoms in total. The van der Waals surface area contributed by atoms with E-state index >= 15 is 0 Å². The molecule has 0 spiro atoms. The minimum atomic E-state index is -4.43. The molecule has 0 bridgehead atoms. The molecule has 0 radical (unpaired) electrons. The summed E-state index contributed by atoms with van der Waals surface area (Å²) in [5.74, 6) is -0.722. The summed E-state index contributed by atoms with van der Waals surface area (Å²) in [6, 6.07) is 3.23. The number of alkyl carbamates (subject to hydrolysis) is 1. The Balaban J connectivity index is 2.83. The summed E-state index contributed by atoms with van der Waals surface area (Å²) >= 11 is 0. The number of ether oxygens (including phenoxy) is 2. The molecule has 0 aromatic heterocycles. The Bertz CT molecular complexity index is 499. The normalized spacial score (nSPS) is 12.4. The van der Waals surface area contributed by atoms with Crippen LogP contribution in [0, 0.1) is 0 Å². The van der Waals surface area contributed by atoms with Crippen molar-refractivity contribution in [2.24, 2.45) is 0 Å². The molecule has 0 saturated heterocycles. The second kappa shape index (κ2) is 6.96. The Kier molecular flexibility index (Phi) is 5.57. The molecule has 8 heteroatoms. The SMILES string of the molecule is COC(=O)N[C@@H](Cc1ccc(C(F)(F)F)cc1)C(=O)OC. The van der Waals surface area contributed by atoms with E-state index in [9.17, 15) is 22.8 Å². The van der Waals surface area contributed by atoms with Crippen LogP contribution in [0.4, 0.5) is 18.0 Å². The molecule has 1 atom stereocenters. The molecule has 0 unspecified atom stereocenters. The van der Waals surface area contributed by atoms with Crippen molar-refractivity contribution in [1.82, 2.24) is 5.32 Å². The molecular weight excluding hydrogens is 291 g/mol. The van der Waals surface area contributed by atoms with Crippen molar-refractivity contribution in [1.29, 1.82) is 0 Å². The van der Waals surface area contributed by atoms with Gasteiger partial charge in [-0.2, -0.15) is 13.2 Å². The van der Waals surface area contributed by atoms with E-state index in [2.05, 4.69) is 14.8 Å². The number of carbonyl (C=O) groups excluding carboxylic acids is 2. The first-order chi connectivity index (χ1) is 9.77. The second-order valence-corrected chi connectivity index (χ2v) is 4.11. The van der Waals surface area contributed by atoms with E-state index < -0.39 is 29.8 Å². The van der Waals surface area contributed by atoms with E-state index in [4.69, 9.17) is 0 Å². The molecule has 0 saturated carbocycles. The van der Waals surface area contributed by atoms with Gasteiger partial charge in [0.2, 0.25) is 0 Å². The van der Waals surface area contributed by atoms with Gasteiger partial charge in [-0.05, 0) is 17.7 Å². The maximum atomic E-state index is 12.4. The van der Waals surface area contributed by atoms with Crippen molar-refractivity contribution in [3.63, 3.8) is 0 Å². The highest BCUT2D eigenvalue weighted by molar-refractivity contribution is 5.81. The summed E-state index contributed by atoms with van der Waals surface area (Å²) < 4.78 is 46.2. The predicted molar refractivity (Wildman–Crippen MR) is 66.5 cm³/mol. The number of alkyl halides is 3. The minimum Gasteiger partial charge on any atom is -0.467 e. The number of amides is 1. The molecule has 1 amide bonds. The topological polar surface area (TPSA) is 64.6 Å². The van der Waals surface area contributed by atoms with Crippen molar-refractivity contribution in [3.05, 3.63) is 35.4 Å². The summed E-state index contributed by atoms with van der Waals surface area (Å²) in [6.07, 6.45) is -5.28. The molecule has 1 aromatic carbocycles. The number of benzene rings is 1. The van der Waals surface area contributed by atoms with Crippen molar-refractivity contribution in [2.75, 3.05) is 14.2 Å². The van der Waals surface area contributed by atoms with Gasteiger partial charge in [-0.25, -0.2) is 9.59 Å². The first kappa shape index (κ1) is 16.8. The molecular formula is C13H14F3NO4. The highest BCUT2D eigenvalue weighted by Crippen LogP contribution is 2.29. The van der Waals surface area contributed by atoms with Crippen LogP contribution in [0.1, 0.15) is 11.1 Å². The van der Waals surface area contributed by atoms with Crippen LogP contribution in [0.5, 0.6) is 0 Å². The molecule has 0 heterocycles. The zero-order chi connectivity index (χ0) is 16.0. The van der Waals surface area contributed by atoms with Gasteiger partial charge in [0.25, 0.3) is 0 Å². The third-order valence-corrected chi connectivity index (χ3v) is 2.68. The Morgan fingerprint density at radius 1 is 1.14 bits per heavy atom. The fourth-order valence-corrected chi connectivity index (χ4v) is 1.60. The Hall–Kier alpha value is -2.25. The van der Waals surface area contributed by atoms with E-state index in [0.29, 0.717) is 5.56 Å². The van der Waals surface area contributed by atoms with E-state index in [1.54, 1.807) is 0 Å². The zero-order valence-electron chi connectivity index (χ0n) is 11.4. The van der Waals surface area contributed by atoms with Gasteiger partial charge in [-0.1, -0.05) is 12.1 Å². The third-order valence-electron chi connectivity index (χ3n) is 2.68. The fourth-order valence-electron chi connectivity index (χ4n) is 1.60. The van der Waals surface area contributed by atoms with Gasteiger partial charge < -0.3 is 14.8 Å². The average Bonchev–Trinajstić information content (AvgIpc) is 2.45. The summed E-state index contributed by atoms with van der Waals surface area (Å²) in [5.41, 5.74) is -0.350. The van der Waals surface area contributed by atoms with Gasteiger partial charge in [0.05, 0.1) is 19.8 Å². The Morgan fingerprint density at radius 3 is 2.14 bits per heavy atom. The first-order valence-corrected chi connectivity index (χ1v) is 5.86. The van der Waals surface area contributed by atoms with Crippen LogP contribution in [0.15, 0.2) is 24.3 Å². The monoisotopic (exact) mass is 305 g/mol. The summed E-state index contributed by atoms with van der Waals surface area (Å²) in [4.78, 5) is 22.6. The molecule has 0 aliphatic rings. The van der Waals surface area contributed by atoms with Gasteiger partial charge in [0.1, 0.15) is 6.04 Å². The molecule has 1 rings (SSSR count). The molecule has 0 aliphatic heterocycles. The van der Waals surface area contributed by atoms with Crippen LogP contribution in [0.25, 0.3) is 0 Å². The number of esters is 1. The lowest BCUT2D eigenvalue weighted by Crippen LogP contribution is -2.43. The maximum Gasteiger partial charge on any atom is 0.416 e. The van der Waals surface area contributed by atoms with E-state index in [1.165, 1.54) is 12.1 Å². The van der Waals surface area contributed by atoms with Gasteiger partial charge in [-0.15, -0.1) is 0 Å². The minimum absolute atomic E-state index is 0.0140. The number of rotatable bonds is 4. The maximum absolute atomic E-state index is 12.4. The molecule has 1 N–H and O–H groups in total. The lowest BCUT2D eigenvalue weighted by atomic mass is 10.0. The highest BCUT2D eigenvalue weighted by Gasteiger charge is 2.30. The van der Waals surface area contributed by atoms with Crippen LogP contribution < -0.4 is 5.32 Å². The van der Waals surface area contributed by atoms with Gasteiger partial charge in [0.15, 0.2) is 0 Å². The number of methoxy groups -OCH3 is 2. The lowest BCUT2D eigenvalue weighted by Gasteiger charge is -2.16. The second-order valence-electron chi connectivity index (χ2n) is 4.11. The average molecular weight is 305 g/mol. The molecule has 21 heavy (non-hydrogen) atoms. The Labute approximate surface area is 119 Å². The van der Waals surface area contributed by atoms with Crippen molar-refractivity contribution in [2.45, 2.75) is 18.6 Å². The fraction of sp³-hybridized carbons (Fsp3) is 0.385. The molecule has 0 fully saturated rings. The number of hydrogen-bond acceptors (Lipinski definition) is 4. The van der Waals surface area contributed by atoms with Crippen LogP contribution in [-0.2, 0) is 26.9 Å². The van der Waals surface area contributed by atoms with Crippen LogP contribution in [0.3, 0.4) is 0 Å². The smallest absolute Gasteiger partial charge is 0.416 e. The number of halogens is 3. The predicted octanol–water partition coefficient (Wildman–Crippen LogP) is 2.15. The van der Waals surface area contributed by atoms with Gasteiger partial charge in [0, 0.05) is 6.42 Å². The number of carbonyl (C=O) groups is 2. The molecule has 1 aromatic rings. The first-order valence-electron chi connectivity index (χ1n) is 5.86. The summed E-state index contributed by atoms with van der Waals surface area (Å²) in [5, 5.41) is 2.25. The van der Waals surface area contributed by atoms with Crippen molar-refractivity contribution >= 4 is 12.1 Å². The van der Waals surface area contributed by atoms with Gasteiger partial charge >= 0.3 is 18.2 Å². The summed E-state index contributed by atoms with van der Waals surface area (Å²) in [7, 11) is 2.27. The molecule has 116 valence electrons. The standard InChI is InChI=1S/C13H14F3NO4/c1-20-11(18)10(17-12(19)21-2)7-8-3-5-9(6-4-8)13(14,15)16/h3-6,10H,7H2,1-2H3,(H,17,19)/t10-/m0/s1. The van der Waals surface area contributed by atoms with Crippen molar-refractivity contribution < 1.29 is 32.2 Å². The van der Waals surface area contributed by atoms with Crippen molar-refractivity contribution in [3.8, 4) is 0 Å². The number of nitrogens with one attached hydrogen (secondary N) is 1. The largest absolute Gasteiger partial charge is 0.467 e. The van der Waals surface area contributed by atoms with E-state index in [0.717, 1.165) is 26.4 Å².